The van der Waals surface area contributed by atoms with E-state index in [2.05, 4.69) is 4.98 Å². The number of furan rings is 1. The molecule has 0 aliphatic heterocycles. The van der Waals surface area contributed by atoms with E-state index in [1.807, 2.05) is 0 Å². The van der Waals surface area contributed by atoms with Crippen molar-refractivity contribution in [3.8, 4) is 0 Å². The molecule has 0 unspecified atom stereocenters. The fourth-order valence-corrected chi connectivity index (χ4v) is 2.86. The predicted molar refractivity (Wildman–Crippen MR) is 84.7 cm³/mol. The van der Waals surface area contributed by atoms with E-state index in [1.54, 1.807) is 37.1 Å². The maximum absolute atomic E-state index is 12.7. The van der Waals surface area contributed by atoms with Gasteiger partial charge in [-0.25, -0.2) is 4.98 Å². The number of hydrogen-bond donors (Lipinski definition) is 0. The molecule has 7 nitrogen and oxygen atoms in total. The highest BCUT2D eigenvalue weighted by Gasteiger charge is 2.21. The van der Waals surface area contributed by atoms with Crippen LogP contribution in [0.4, 0.5) is 0 Å². The lowest BCUT2D eigenvalue weighted by molar-refractivity contribution is 0.0664. The topological polar surface area (TPSA) is 77.1 Å². The lowest BCUT2D eigenvalue weighted by Gasteiger charge is -2.20. The number of aromatic nitrogens is 2. The summed E-state index contributed by atoms with van der Waals surface area (Å²) in [5, 5.41) is 1.75. The zero-order chi connectivity index (χ0) is 16.2. The predicted octanol–water partition coefficient (Wildman–Crippen LogP) is 1.64. The summed E-state index contributed by atoms with van der Waals surface area (Å²) in [5.41, 5.74) is -0.341. The number of carbonyl (C=O) groups excluding carboxylic acids is 1. The third kappa shape index (κ3) is 3.17. The largest absolute Gasteiger partial charge is 0.467 e. The summed E-state index contributed by atoms with van der Waals surface area (Å²) in [7, 11) is 1.56. The van der Waals surface area contributed by atoms with E-state index < -0.39 is 5.91 Å². The van der Waals surface area contributed by atoms with Gasteiger partial charge in [0, 0.05) is 31.4 Å². The molecule has 3 heterocycles. The Morgan fingerprint density at radius 1 is 1.52 bits per heavy atom. The minimum Gasteiger partial charge on any atom is -0.467 e. The second-order valence-corrected chi connectivity index (χ2v) is 5.70. The molecule has 0 aromatic carbocycles. The van der Waals surface area contributed by atoms with E-state index in [0.717, 1.165) is 0 Å². The van der Waals surface area contributed by atoms with Gasteiger partial charge >= 0.3 is 0 Å². The SMILES string of the molecule is COCCN(Cc1ccco1)C(=O)c1cnc2sccn2c1=O. The number of methoxy groups -OCH3 is 1. The number of hydrogen-bond acceptors (Lipinski definition) is 6. The molecule has 8 heteroatoms. The van der Waals surface area contributed by atoms with Crippen LogP contribution in [0, 0.1) is 0 Å². The van der Waals surface area contributed by atoms with Gasteiger partial charge in [0.15, 0.2) is 4.96 Å². The van der Waals surface area contributed by atoms with Gasteiger partial charge in [-0.3, -0.25) is 14.0 Å². The van der Waals surface area contributed by atoms with Gasteiger partial charge in [0.25, 0.3) is 11.5 Å². The van der Waals surface area contributed by atoms with Crippen molar-refractivity contribution in [3.05, 3.63) is 57.8 Å². The van der Waals surface area contributed by atoms with Crippen molar-refractivity contribution in [1.82, 2.24) is 14.3 Å². The summed E-state index contributed by atoms with van der Waals surface area (Å²) in [6.45, 7) is 0.977. The highest BCUT2D eigenvalue weighted by atomic mass is 32.1. The zero-order valence-corrected chi connectivity index (χ0v) is 13.3. The van der Waals surface area contributed by atoms with Crippen LogP contribution in [0.25, 0.3) is 4.96 Å². The fraction of sp³-hybridized carbons (Fsp3) is 0.267. The first-order chi connectivity index (χ1) is 11.2. The van der Waals surface area contributed by atoms with Crippen LogP contribution in [-0.2, 0) is 11.3 Å². The standard InChI is InChI=1S/C15H15N3O4S/c1-21-7-4-17(10-11-3-2-6-22-11)13(19)12-9-16-15-18(14(12)20)5-8-23-15/h2-3,5-6,8-9H,4,7,10H2,1H3. The molecule has 0 N–H and O–H groups in total. The normalized spacial score (nSPS) is 11.0. The number of carbonyl (C=O) groups is 1. The smallest absolute Gasteiger partial charge is 0.271 e. The molecular formula is C15H15N3O4S. The molecule has 0 atom stereocenters. The van der Waals surface area contributed by atoms with Gasteiger partial charge in [-0.2, -0.15) is 0 Å². The number of rotatable bonds is 6. The molecule has 0 fully saturated rings. The molecule has 23 heavy (non-hydrogen) atoms. The number of thiazole rings is 1. The van der Waals surface area contributed by atoms with Crippen LogP contribution in [-0.4, -0.2) is 40.5 Å². The maximum Gasteiger partial charge on any atom is 0.271 e. The monoisotopic (exact) mass is 333 g/mol. The van der Waals surface area contributed by atoms with E-state index in [4.69, 9.17) is 9.15 Å². The fourth-order valence-electron chi connectivity index (χ4n) is 2.19. The second-order valence-electron chi connectivity index (χ2n) is 4.83. The molecule has 3 rings (SSSR count). The average Bonchev–Trinajstić information content (AvgIpc) is 3.22. The van der Waals surface area contributed by atoms with Gasteiger partial charge in [-0.15, -0.1) is 11.3 Å². The molecular weight excluding hydrogens is 318 g/mol. The Morgan fingerprint density at radius 2 is 2.39 bits per heavy atom. The van der Waals surface area contributed by atoms with E-state index in [0.29, 0.717) is 23.9 Å². The highest BCUT2D eigenvalue weighted by Crippen LogP contribution is 2.10. The Kier molecular flexibility index (Phi) is 4.54. The Morgan fingerprint density at radius 3 is 3.13 bits per heavy atom. The molecule has 0 radical (unpaired) electrons. The lowest BCUT2D eigenvalue weighted by Crippen LogP contribution is -2.37. The average molecular weight is 333 g/mol. The van der Waals surface area contributed by atoms with Crippen LogP contribution in [0.1, 0.15) is 16.1 Å². The Bertz CT molecular complexity index is 853. The maximum atomic E-state index is 12.7. The first kappa shape index (κ1) is 15.4. The molecule has 0 aliphatic rings. The van der Waals surface area contributed by atoms with Crippen molar-refractivity contribution >= 4 is 22.2 Å². The van der Waals surface area contributed by atoms with Crippen molar-refractivity contribution in [1.29, 1.82) is 0 Å². The minimum absolute atomic E-state index is 0.0311. The summed E-state index contributed by atoms with van der Waals surface area (Å²) in [4.78, 5) is 31.4. The molecule has 0 aliphatic carbocycles. The molecule has 3 aromatic rings. The van der Waals surface area contributed by atoms with E-state index in [1.165, 1.54) is 26.8 Å². The van der Waals surface area contributed by atoms with Gasteiger partial charge in [0.2, 0.25) is 0 Å². The van der Waals surface area contributed by atoms with Crippen LogP contribution >= 0.6 is 11.3 Å². The molecule has 1 amide bonds. The Hall–Kier alpha value is -2.45. The highest BCUT2D eigenvalue weighted by molar-refractivity contribution is 7.15. The van der Waals surface area contributed by atoms with Crippen molar-refractivity contribution in [2.24, 2.45) is 0 Å². The van der Waals surface area contributed by atoms with Crippen LogP contribution < -0.4 is 5.56 Å². The summed E-state index contributed by atoms with van der Waals surface area (Å²) >= 11 is 1.34. The number of fused-ring (bicyclic) bond motifs is 1. The van der Waals surface area contributed by atoms with E-state index >= 15 is 0 Å². The Balaban J connectivity index is 1.91. The van der Waals surface area contributed by atoms with Crippen LogP contribution in [0.2, 0.25) is 0 Å². The van der Waals surface area contributed by atoms with Gasteiger partial charge < -0.3 is 14.1 Å². The number of amides is 1. The summed E-state index contributed by atoms with van der Waals surface area (Å²) in [6.07, 6.45) is 4.48. The molecule has 3 aromatic heterocycles. The summed E-state index contributed by atoms with van der Waals surface area (Å²) in [5.74, 6) is 0.246. The van der Waals surface area contributed by atoms with Gasteiger partial charge in [-0.1, -0.05) is 0 Å². The van der Waals surface area contributed by atoms with Crippen molar-refractivity contribution in [2.45, 2.75) is 6.54 Å². The van der Waals surface area contributed by atoms with E-state index in [-0.39, 0.29) is 17.7 Å². The zero-order valence-electron chi connectivity index (χ0n) is 12.5. The first-order valence-corrected chi connectivity index (χ1v) is 7.84. The molecule has 0 saturated carbocycles. The van der Waals surface area contributed by atoms with Crippen molar-refractivity contribution in [2.75, 3.05) is 20.3 Å². The van der Waals surface area contributed by atoms with Crippen molar-refractivity contribution < 1.29 is 13.9 Å². The van der Waals surface area contributed by atoms with Crippen LogP contribution in [0.5, 0.6) is 0 Å². The summed E-state index contributed by atoms with van der Waals surface area (Å²) in [6, 6.07) is 3.53. The van der Waals surface area contributed by atoms with E-state index in [9.17, 15) is 9.59 Å². The molecule has 0 spiro atoms. The minimum atomic E-state index is -0.392. The molecule has 0 bridgehead atoms. The third-order valence-corrected chi connectivity index (χ3v) is 4.12. The lowest BCUT2D eigenvalue weighted by atomic mass is 10.2. The summed E-state index contributed by atoms with van der Waals surface area (Å²) < 4.78 is 11.7. The first-order valence-electron chi connectivity index (χ1n) is 6.96. The Labute approximate surface area is 135 Å². The van der Waals surface area contributed by atoms with Crippen LogP contribution in [0.3, 0.4) is 0 Å². The third-order valence-electron chi connectivity index (χ3n) is 3.35. The number of ether oxygens (including phenoxy) is 1. The quantitative estimate of drug-likeness (QED) is 0.685. The van der Waals surface area contributed by atoms with Gasteiger partial charge in [-0.05, 0) is 12.1 Å². The van der Waals surface area contributed by atoms with Gasteiger partial charge in [0.1, 0.15) is 11.3 Å². The number of nitrogens with zero attached hydrogens (tertiary/aromatic N) is 3. The van der Waals surface area contributed by atoms with Crippen LogP contribution in [0.15, 0.2) is 45.4 Å². The molecule has 120 valence electrons. The van der Waals surface area contributed by atoms with Gasteiger partial charge in [0.05, 0.1) is 19.4 Å². The molecule has 0 saturated heterocycles. The van der Waals surface area contributed by atoms with Crippen molar-refractivity contribution in [3.63, 3.8) is 0 Å². The second kappa shape index (κ2) is 6.76.